The van der Waals surface area contributed by atoms with Gasteiger partial charge in [0.15, 0.2) is 0 Å². The van der Waals surface area contributed by atoms with E-state index in [0.717, 1.165) is 24.5 Å². The van der Waals surface area contributed by atoms with E-state index in [2.05, 4.69) is 16.3 Å². The van der Waals surface area contributed by atoms with Crippen LogP contribution in [0.25, 0.3) is 0 Å². The Morgan fingerprint density at radius 2 is 1.69 bits per heavy atom. The molecule has 0 atom stereocenters. The Bertz CT molecular complexity index is 932. The van der Waals surface area contributed by atoms with Gasteiger partial charge in [-0.05, 0) is 36.4 Å². The van der Waals surface area contributed by atoms with Crippen LogP contribution in [0.1, 0.15) is 12.8 Å². The van der Waals surface area contributed by atoms with Crippen molar-refractivity contribution in [3.63, 3.8) is 0 Å². The summed E-state index contributed by atoms with van der Waals surface area (Å²) in [7, 11) is -3.42. The molecule has 0 radical (unpaired) electrons. The third-order valence-corrected chi connectivity index (χ3v) is 8.68. The zero-order valence-corrected chi connectivity index (χ0v) is 17.9. The summed E-state index contributed by atoms with van der Waals surface area (Å²) in [4.78, 5) is 16.9. The fraction of sp³-hybridized carbons (Fsp3) is 0.450. The van der Waals surface area contributed by atoms with E-state index in [9.17, 15) is 13.2 Å². The number of carbonyl (C=O) groups is 1. The van der Waals surface area contributed by atoms with Crippen LogP contribution in [0.5, 0.6) is 0 Å². The second kappa shape index (κ2) is 8.83. The molecule has 2 saturated heterocycles. The molecule has 156 valence electrons. The molecular weight excluding hydrogens is 408 g/mol. The monoisotopic (exact) mass is 434 g/mol. The number of carbonyl (C=O) groups excluding carboxylic acids is 1. The van der Waals surface area contributed by atoms with E-state index >= 15 is 0 Å². The number of amides is 1. The van der Waals surface area contributed by atoms with Gasteiger partial charge in [0.05, 0.1) is 17.9 Å². The van der Waals surface area contributed by atoms with Crippen molar-refractivity contribution in [3.8, 4) is 0 Å². The van der Waals surface area contributed by atoms with Crippen molar-refractivity contribution >= 4 is 38.6 Å². The summed E-state index contributed by atoms with van der Waals surface area (Å²) >= 11 is 1.24. The summed E-state index contributed by atoms with van der Waals surface area (Å²) in [5.41, 5.74) is 1.92. The third-order valence-electron chi connectivity index (χ3n) is 5.41. The average molecular weight is 435 g/mol. The highest BCUT2D eigenvalue weighted by atomic mass is 32.2. The van der Waals surface area contributed by atoms with Crippen molar-refractivity contribution in [1.29, 1.82) is 0 Å². The topological polar surface area (TPSA) is 73.0 Å². The Labute approximate surface area is 176 Å². The molecule has 2 aliphatic heterocycles. The van der Waals surface area contributed by atoms with Crippen molar-refractivity contribution in [2.75, 3.05) is 56.0 Å². The van der Waals surface area contributed by atoms with Gasteiger partial charge in [0.2, 0.25) is 5.91 Å². The van der Waals surface area contributed by atoms with E-state index in [1.165, 1.54) is 28.5 Å². The van der Waals surface area contributed by atoms with Gasteiger partial charge in [-0.25, -0.2) is 8.42 Å². The van der Waals surface area contributed by atoms with E-state index in [4.69, 9.17) is 0 Å². The zero-order chi connectivity index (χ0) is 20.3. The van der Waals surface area contributed by atoms with E-state index < -0.39 is 10.0 Å². The number of thiophene rings is 1. The SMILES string of the molecule is O=C(CN1CCN(S(=O)(=O)c2cccs2)CC1)Nc1ccccc1N1CCCC1. The molecule has 29 heavy (non-hydrogen) atoms. The second-order valence-electron chi connectivity index (χ2n) is 7.37. The highest BCUT2D eigenvalue weighted by molar-refractivity contribution is 7.91. The first-order valence-electron chi connectivity index (χ1n) is 9.94. The molecule has 2 aromatic rings. The number of nitrogens with zero attached hydrogens (tertiary/aromatic N) is 3. The molecule has 7 nitrogen and oxygen atoms in total. The maximum absolute atomic E-state index is 12.6. The fourth-order valence-electron chi connectivity index (χ4n) is 3.87. The standard InChI is InChI=1S/C20H26N4O3S2/c25-19(21-17-6-1-2-7-18(17)23-9-3-4-10-23)16-22-11-13-24(14-12-22)29(26,27)20-8-5-15-28-20/h1-2,5-8,15H,3-4,9-14,16H2,(H,21,25). The van der Waals surface area contributed by atoms with Crippen molar-refractivity contribution in [3.05, 3.63) is 41.8 Å². The second-order valence-corrected chi connectivity index (χ2v) is 10.5. The summed E-state index contributed by atoms with van der Waals surface area (Å²) in [6, 6.07) is 11.3. The Morgan fingerprint density at radius 3 is 2.38 bits per heavy atom. The minimum atomic E-state index is -3.42. The number of anilines is 2. The first-order valence-corrected chi connectivity index (χ1v) is 12.3. The highest BCUT2D eigenvalue weighted by Crippen LogP contribution is 2.28. The lowest BCUT2D eigenvalue weighted by atomic mass is 10.2. The molecule has 0 unspecified atom stereocenters. The molecule has 1 aromatic carbocycles. The Morgan fingerprint density at radius 1 is 0.966 bits per heavy atom. The maximum Gasteiger partial charge on any atom is 0.252 e. The largest absolute Gasteiger partial charge is 0.370 e. The molecule has 0 bridgehead atoms. The van der Waals surface area contributed by atoms with Crippen molar-refractivity contribution in [2.45, 2.75) is 17.1 Å². The van der Waals surface area contributed by atoms with Gasteiger partial charge < -0.3 is 10.2 Å². The fourth-order valence-corrected chi connectivity index (χ4v) is 6.44. The lowest BCUT2D eigenvalue weighted by Crippen LogP contribution is -2.50. The van der Waals surface area contributed by atoms with E-state index in [1.54, 1.807) is 17.5 Å². The molecule has 1 amide bonds. The molecule has 2 fully saturated rings. The quantitative estimate of drug-likeness (QED) is 0.755. The van der Waals surface area contributed by atoms with Gasteiger partial charge in [-0.3, -0.25) is 9.69 Å². The lowest BCUT2D eigenvalue weighted by Gasteiger charge is -2.33. The summed E-state index contributed by atoms with van der Waals surface area (Å²) in [5, 5.41) is 4.82. The van der Waals surface area contributed by atoms with Crippen LogP contribution in [0.2, 0.25) is 0 Å². The minimum absolute atomic E-state index is 0.0637. The molecule has 3 heterocycles. The number of benzene rings is 1. The predicted octanol–water partition coefficient (Wildman–Crippen LogP) is 2.29. The summed E-state index contributed by atoms with van der Waals surface area (Å²) in [6.07, 6.45) is 2.36. The Balaban J connectivity index is 1.32. The highest BCUT2D eigenvalue weighted by Gasteiger charge is 2.29. The van der Waals surface area contributed by atoms with Gasteiger partial charge in [-0.1, -0.05) is 18.2 Å². The van der Waals surface area contributed by atoms with Crippen LogP contribution in [0.15, 0.2) is 46.0 Å². The molecule has 0 saturated carbocycles. The number of piperazine rings is 1. The van der Waals surface area contributed by atoms with E-state index in [-0.39, 0.29) is 12.5 Å². The minimum Gasteiger partial charge on any atom is -0.370 e. The van der Waals surface area contributed by atoms with Gasteiger partial charge in [-0.15, -0.1) is 11.3 Å². The third kappa shape index (κ3) is 4.63. The number of rotatable bonds is 6. The summed E-state index contributed by atoms with van der Waals surface area (Å²) in [6.45, 7) is 4.20. The maximum atomic E-state index is 12.6. The molecule has 1 N–H and O–H groups in total. The van der Waals surface area contributed by atoms with Crippen LogP contribution in [0.3, 0.4) is 0 Å². The van der Waals surface area contributed by atoms with Crippen molar-refractivity contribution < 1.29 is 13.2 Å². The predicted molar refractivity (Wildman–Crippen MR) is 116 cm³/mol. The van der Waals surface area contributed by atoms with Crippen molar-refractivity contribution in [1.82, 2.24) is 9.21 Å². The number of hydrogen-bond acceptors (Lipinski definition) is 6. The molecule has 2 aliphatic rings. The Hall–Kier alpha value is -1.94. The molecule has 0 spiro atoms. The zero-order valence-electron chi connectivity index (χ0n) is 16.3. The Kier molecular flexibility index (Phi) is 6.19. The molecule has 9 heteroatoms. The number of nitrogens with one attached hydrogen (secondary N) is 1. The first-order chi connectivity index (χ1) is 14.0. The number of sulfonamides is 1. The van der Waals surface area contributed by atoms with Crippen LogP contribution in [-0.2, 0) is 14.8 Å². The van der Waals surface area contributed by atoms with Crippen LogP contribution in [-0.4, -0.2) is 69.3 Å². The van der Waals surface area contributed by atoms with Crippen LogP contribution < -0.4 is 10.2 Å². The lowest BCUT2D eigenvalue weighted by molar-refractivity contribution is -0.117. The summed E-state index contributed by atoms with van der Waals surface area (Å²) < 4.78 is 27.1. The molecule has 4 rings (SSSR count). The molecular formula is C20H26N4O3S2. The number of hydrogen-bond donors (Lipinski definition) is 1. The van der Waals surface area contributed by atoms with Crippen LogP contribution >= 0.6 is 11.3 Å². The first kappa shape index (κ1) is 20.3. The van der Waals surface area contributed by atoms with E-state index in [0.29, 0.717) is 30.4 Å². The van der Waals surface area contributed by atoms with Gasteiger partial charge in [0.25, 0.3) is 10.0 Å². The van der Waals surface area contributed by atoms with Crippen LogP contribution in [0.4, 0.5) is 11.4 Å². The van der Waals surface area contributed by atoms with Gasteiger partial charge in [0.1, 0.15) is 4.21 Å². The van der Waals surface area contributed by atoms with Gasteiger partial charge in [0, 0.05) is 39.3 Å². The normalized spacial score (nSPS) is 18.8. The smallest absolute Gasteiger partial charge is 0.252 e. The average Bonchev–Trinajstić information content (AvgIpc) is 3.43. The van der Waals surface area contributed by atoms with Crippen molar-refractivity contribution in [2.24, 2.45) is 0 Å². The van der Waals surface area contributed by atoms with E-state index in [1.807, 2.05) is 23.1 Å². The number of para-hydroxylation sites is 2. The van der Waals surface area contributed by atoms with Gasteiger partial charge >= 0.3 is 0 Å². The van der Waals surface area contributed by atoms with Gasteiger partial charge in [-0.2, -0.15) is 4.31 Å². The molecule has 0 aliphatic carbocycles. The summed E-state index contributed by atoms with van der Waals surface area (Å²) in [5.74, 6) is -0.0637. The molecule has 1 aromatic heterocycles. The van der Waals surface area contributed by atoms with Crippen LogP contribution in [0, 0.1) is 0 Å².